The van der Waals surface area contributed by atoms with Crippen molar-refractivity contribution >= 4 is 40.7 Å². The summed E-state index contributed by atoms with van der Waals surface area (Å²) in [5.41, 5.74) is 1.68. The average molecular weight is 777 g/mol. The Bertz CT molecular complexity index is 2030. The number of hydrogen-bond acceptors (Lipinski definition) is 8. The first-order valence-corrected chi connectivity index (χ1v) is 19.9. The molecule has 4 bridgehead atoms. The number of carbonyl (C=O) groups is 5. The zero-order valence-electron chi connectivity index (χ0n) is 32.5. The summed E-state index contributed by atoms with van der Waals surface area (Å²) in [5, 5.41) is 12.5. The molecule has 13 nitrogen and oxygen atoms in total. The number of allylic oxidation sites excluding steroid dienone is 1. The van der Waals surface area contributed by atoms with Gasteiger partial charge in [0.25, 0.3) is 0 Å². The molecule has 5 N–H and O–H groups in total. The number of para-hydroxylation sites is 1. The molecule has 4 amide bonds. The Balaban J connectivity index is 0.974. The molecule has 0 saturated heterocycles. The van der Waals surface area contributed by atoms with E-state index in [0.29, 0.717) is 23.8 Å². The van der Waals surface area contributed by atoms with E-state index in [1.807, 2.05) is 80.1 Å². The van der Waals surface area contributed by atoms with Crippen molar-refractivity contribution in [3.05, 3.63) is 108 Å². The molecule has 2 aromatic carbocycles. The molecule has 0 radical (unpaired) electrons. The van der Waals surface area contributed by atoms with Crippen LogP contribution in [0, 0.1) is 23.7 Å². The first-order chi connectivity index (χ1) is 27.5. The Hall–Kier alpha value is -5.85. The molecule has 4 saturated carbocycles. The van der Waals surface area contributed by atoms with Gasteiger partial charge in [0, 0.05) is 61.0 Å². The highest BCUT2D eigenvalue weighted by Gasteiger charge is 2.50. The van der Waals surface area contributed by atoms with Gasteiger partial charge in [0.2, 0.25) is 17.7 Å². The zero-order valence-corrected chi connectivity index (χ0v) is 32.5. The number of ether oxygens (including phenoxy) is 2. The average Bonchev–Trinajstić information content (AvgIpc) is 3.60. The van der Waals surface area contributed by atoms with E-state index in [1.165, 1.54) is 6.42 Å². The van der Waals surface area contributed by atoms with Crippen molar-refractivity contribution in [1.29, 1.82) is 0 Å². The fourth-order valence-corrected chi connectivity index (χ4v) is 9.29. The second-order valence-corrected chi connectivity index (χ2v) is 16.1. The smallest absolute Gasteiger partial charge is 0.408 e. The molecule has 2 heterocycles. The quantitative estimate of drug-likeness (QED) is 0.0821. The normalized spacial score (nSPS) is 23.6. The maximum absolute atomic E-state index is 14.3. The lowest BCUT2D eigenvalue weighted by Crippen LogP contribution is -2.60. The molecular formula is C44H52N6O7. The van der Waals surface area contributed by atoms with Crippen LogP contribution in [0.15, 0.2) is 97.0 Å². The molecule has 1 aliphatic heterocycles. The lowest BCUT2D eigenvalue weighted by Gasteiger charge is -2.53. The summed E-state index contributed by atoms with van der Waals surface area (Å²) in [7, 11) is 1.83. The Morgan fingerprint density at radius 3 is 2.39 bits per heavy atom. The summed E-state index contributed by atoms with van der Waals surface area (Å²) in [4.78, 5) is 70.9. The molecule has 1 aromatic heterocycles. The molecule has 4 fully saturated rings. The number of aromatic nitrogens is 1. The number of alkyl carbamates (subject to hydrolysis) is 1. The van der Waals surface area contributed by atoms with Crippen LogP contribution >= 0.6 is 0 Å². The number of aromatic amines is 1. The molecular weight excluding hydrogens is 725 g/mol. The van der Waals surface area contributed by atoms with E-state index in [2.05, 4.69) is 26.3 Å². The van der Waals surface area contributed by atoms with Gasteiger partial charge >= 0.3 is 12.1 Å². The number of benzene rings is 2. The third-order valence-corrected chi connectivity index (χ3v) is 11.8. The van der Waals surface area contributed by atoms with Gasteiger partial charge in [-0.25, -0.2) is 9.59 Å². The maximum Gasteiger partial charge on any atom is 0.408 e. The number of rotatable bonds is 15. The van der Waals surface area contributed by atoms with Crippen LogP contribution in [0.2, 0.25) is 0 Å². The Labute approximate surface area is 332 Å². The van der Waals surface area contributed by atoms with E-state index in [0.717, 1.165) is 71.7 Å². The topological polar surface area (TPSA) is 171 Å². The highest BCUT2D eigenvalue weighted by molar-refractivity contribution is 5.95. The number of carbonyl (C=O) groups excluding carboxylic acids is 5. The van der Waals surface area contributed by atoms with E-state index in [4.69, 9.17) is 9.47 Å². The van der Waals surface area contributed by atoms with Gasteiger partial charge in [0.05, 0.1) is 12.6 Å². The van der Waals surface area contributed by atoms with Gasteiger partial charge in [-0.15, -0.1) is 0 Å². The van der Waals surface area contributed by atoms with Crippen LogP contribution in [0.5, 0.6) is 0 Å². The lowest BCUT2D eigenvalue weighted by atomic mass is 9.55. The minimum Gasteiger partial charge on any atom is -0.461 e. The SMILES string of the molecule is CN1C=CCC(C(=O)NCCOC(=O)C=CC(=O)NC(CNC(=O)C(C)(Cc2c[nH]c3ccccc23)NC(=O)OC2C3CC4CC(C3)CC2C4)c2ccccc2)=C1. The second-order valence-electron chi connectivity index (χ2n) is 16.1. The highest BCUT2D eigenvalue weighted by Crippen LogP contribution is 2.54. The van der Waals surface area contributed by atoms with Crippen LogP contribution in [-0.4, -0.2) is 78.1 Å². The minimum absolute atomic E-state index is 0.00958. The molecule has 3 aromatic rings. The highest BCUT2D eigenvalue weighted by atomic mass is 16.6. The summed E-state index contributed by atoms with van der Waals surface area (Å²) in [6.45, 7) is 1.72. The van der Waals surface area contributed by atoms with Crippen molar-refractivity contribution in [3.63, 3.8) is 0 Å². The van der Waals surface area contributed by atoms with Crippen LogP contribution in [0.4, 0.5) is 4.79 Å². The summed E-state index contributed by atoms with van der Waals surface area (Å²) >= 11 is 0. The van der Waals surface area contributed by atoms with Gasteiger partial charge in [-0.2, -0.15) is 0 Å². The third-order valence-electron chi connectivity index (χ3n) is 11.8. The molecule has 8 rings (SSSR count). The maximum atomic E-state index is 14.3. The van der Waals surface area contributed by atoms with Crippen molar-refractivity contribution in [2.75, 3.05) is 26.7 Å². The van der Waals surface area contributed by atoms with Crippen LogP contribution in [0.1, 0.15) is 62.6 Å². The zero-order chi connectivity index (χ0) is 39.9. The van der Waals surface area contributed by atoms with Crippen LogP contribution in [0.3, 0.4) is 0 Å². The predicted molar refractivity (Wildman–Crippen MR) is 214 cm³/mol. The van der Waals surface area contributed by atoms with Gasteiger partial charge in [-0.3, -0.25) is 14.4 Å². The second kappa shape index (κ2) is 17.5. The van der Waals surface area contributed by atoms with E-state index < -0.39 is 35.5 Å². The molecule has 4 aliphatic carbocycles. The predicted octanol–water partition coefficient (Wildman–Crippen LogP) is 4.94. The Kier molecular flexibility index (Phi) is 12.1. The van der Waals surface area contributed by atoms with E-state index in [1.54, 1.807) is 18.0 Å². The van der Waals surface area contributed by atoms with Crippen LogP contribution < -0.4 is 21.3 Å². The van der Waals surface area contributed by atoms with Crippen molar-refractivity contribution in [2.24, 2.45) is 23.7 Å². The number of fused-ring (bicyclic) bond motifs is 1. The Morgan fingerprint density at radius 2 is 1.65 bits per heavy atom. The Morgan fingerprint density at radius 1 is 0.930 bits per heavy atom. The largest absolute Gasteiger partial charge is 0.461 e. The summed E-state index contributed by atoms with van der Waals surface area (Å²) < 4.78 is 11.3. The van der Waals surface area contributed by atoms with Crippen LogP contribution in [0.25, 0.3) is 10.9 Å². The first-order valence-electron chi connectivity index (χ1n) is 19.9. The fraction of sp³-hybridized carbons (Fsp3) is 0.432. The standard InChI is InChI=1S/C44H52N6O7/c1-44(24-34-25-46-36-13-7-6-12-35(34)36,49-43(55)57-40-32-20-28-19-29(22-32)23-33(40)21-28)42(54)47-26-37(30-9-4-3-5-10-30)48-38(51)14-15-39(52)56-18-16-45-41(53)31-11-8-17-50(2)27-31/h3-10,12-15,17,25,27-29,32-33,37,40,46H,11,16,18-24,26H2,1-2H3,(H,45,53)(H,47,54)(H,48,51)(H,49,55). The number of esters is 1. The molecule has 5 aliphatic rings. The molecule has 300 valence electrons. The number of H-pyrrole nitrogens is 1. The van der Waals surface area contributed by atoms with Crippen molar-refractivity contribution in [3.8, 4) is 0 Å². The van der Waals surface area contributed by atoms with E-state index in [9.17, 15) is 24.0 Å². The number of nitrogens with zero attached hydrogens (tertiary/aromatic N) is 1. The van der Waals surface area contributed by atoms with Crippen molar-refractivity contribution in [1.82, 2.24) is 31.2 Å². The summed E-state index contributed by atoms with van der Waals surface area (Å²) in [6.07, 6.45) is 15.0. The third kappa shape index (κ3) is 9.76. The fourth-order valence-electron chi connectivity index (χ4n) is 9.29. The van der Waals surface area contributed by atoms with Gasteiger partial charge in [0.1, 0.15) is 18.2 Å². The molecule has 2 atom stereocenters. The van der Waals surface area contributed by atoms with Crippen molar-refractivity contribution < 1.29 is 33.4 Å². The minimum atomic E-state index is -1.41. The van der Waals surface area contributed by atoms with Gasteiger partial charge < -0.3 is 40.6 Å². The van der Waals surface area contributed by atoms with Gasteiger partial charge in [-0.1, -0.05) is 54.6 Å². The molecule has 2 unspecified atom stereocenters. The lowest BCUT2D eigenvalue weighted by molar-refractivity contribution is -0.138. The van der Waals surface area contributed by atoms with E-state index in [-0.39, 0.29) is 38.1 Å². The van der Waals surface area contributed by atoms with E-state index >= 15 is 0 Å². The first kappa shape index (κ1) is 39.4. The van der Waals surface area contributed by atoms with Crippen LogP contribution in [-0.2, 0) is 35.1 Å². The molecule has 13 heteroatoms. The van der Waals surface area contributed by atoms with Gasteiger partial charge in [-0.05, 0) is 92.5 Å². The van der Waals surface area contributed by atoms with Crippen molar-refractivity contribution in [2.45, 2.75) is 69.6 Å². The molecule has 57 heavy (non-hydrogen) atoms. The van der Waals surface area contributed by atoms with Gasteiger partial charge in [0.15, 0.2) is 0 Å². The number of hydrogen-bond donors (Lipinski definition) is 5. The summed E-state index contributed by atoms with van der Waals surface area (Å²) in [6, 6.07) is 16.3. The monoisotopic (exact) mass is 776 g/mol. The number of amides is 4. The number of nitrogens with one attached hydrogen (secondary N) is 5. The summed E-state index contributed by atoms with van der Waals surface area (Å²) in [5.74, 6) is 0.167. The molecule has 0 spiro atoms.